The van der Waals surface area contributed by atoms with Gasteiger partial charge in [0.15, 0.2) is 0 Å². The second kappa shape index (κ2) is 6.21. The van der Waals surface area contributed by atoms with Crippen molar-refractivity contribution in [1.29, 1.82) is 0 Å². The van der Waals surface area contributed by atoms with Crippen molar-refractivity contribution in [3.8, 4) is 0 Å². The summed E-state index contributed by atoms with van der Waals surface area (Å²) in [5.41, 5.74) is 9.61. The van der Waals surface area contributed by atoms with Gasteiger partial charge in [0, 0.05) is 11.4 Å². The van der Waals surface area contributed by atoms with Crippen LogP contribution in [-0.2, 0) is 11.2 Å². The fraction of sp³-hybridized carbons (Fsp3) is 0.188. The molecule has 4 nitrogen and oxygen atoms in total. The summed E-state index contributed by atoms with van der Waals surface area (Å²) in [6.07, 6.45) is 0.333. The topological polar surface area (TPSA) is 75.3 Å². The molecule has 0 bridgehead atoms. The molecule has 0 unspecified atom stereocenters. The molecule has 2 aromatic carbocycles. The molecule has 0 heterocycles. The largest absolute Gasteiger partial charge is 0.480 e. The summed E-state index contributed by atoms with van der Waals surface area (Å²) in [5, 5.41) is 12.1. The Hall–Kier alpha value is -2.33. The molecule has 0 fully saturated rings. The number of carbonyl (C=O) groups is 1. The Bertz CT molecular complexity index is 594. The minimum atomic E-state index is -0.980. The van der Waals surface area contributed by atoms with E-state index in [1.807, 2.05) is 49.4 Å². The number of rotatable bonds is 5. The number of aryl methyl sites for hydroxylation is 1. The molecule has 2 rings (SSSR count). The highest BCUT2D eigenvalue weighted by Gasteiger charge is 2.11. The number of hydrogen-bond acceptors (Lipinski definition) is 3. The number of nitrogens with two attached hydrogens (primary N) is 1. The van der Waals surface area contributed by atoms with E-state index in [0.29, 0.717) is 6.42 Å². The van der Waals surface area contributed by atoms with E-state index in [1.54, 1.807) is 0 Å². The first-order valence-corrected chi connectivity index (χ1v) is 6.45. The lowest BCUT2D eigenvalue weighted by Crippen LogP contribution is -2.32. The first-order valence-electron chi connectivity index (χ1n) is 6.45. The molecule has 0 spiro atoms. The van der Waals surface area contributed by atoms with Crippen molar-refractivity contribution in [3.63, 3.8) is 0 Å². The van der Waals surface area contributed by atoms with Gasteiger partial charge in [-0.2, -0.15) is 0 Å². The molecule has 0 saturated carbocycles. The van der Waals surface area contributed by atoms with Crippen molar-refractivity contribution in [3.05, 3.63) is 59.7 Å². The summed E-state index contributed by atoms with van der Waals surface area (Å²) in [5.74, 6) is -0.980. The maximum atomic E-state index is 10.7. The van der Waals surface area contributed by atoms with E-state index in [0.717, 1.165) is 16.9 Å². The Balaban J connectivity index is 2.03. The molecule has 0 saturated heterocycles. The van der Waals surface area contributed by atoms with Gasteiger partial charge < -0.3 is 16.2 Å². The first kappa shape index (κ1) is 14.1. The average molecular weight is 270 g/mol. The summed E-state index contributed by atoms with van der Waals surface area (Å²) in [6, 6.07) is 14.9. The van der Waals surface area contributed by atoms with Gasteiger partial charge in [0.2, 0.25) is 0 Å². The maximum absolute atomic E-state index is 10.7. The van der Waals surface area contributed by atoms with Crippen molar-refractivity contribution in [2.45, 2.75) is 19.4 Å². The highest BCUT2D eigenvalue weighted by atomic mass is 16.4. The van der Waals surface area contributed by atoms with Gasteiger partial charge in [-0.05, 0) is 48.7 Å². The standard InChI is InChI=1S/C16H18N2O2/c1-11-3-2-4-14(9-11)18-13-7-5-12(6-8-13)10-15(17)16(19)20/h2-9,15,18H,10,17H2,1H3,(H,19,20)/t15-/m0/s1. The third kappa shape index (κ3) is 3.83. The normalized spacial score (nSPS) is 11.9. The predicted molar refractivity (Wildman–Crippen MR) is 80.2 cm³/mol. The van der Waals surface area contributed by atoms with Gasteiger partial charge in [0.25, 0.3) is 0 Å². The number of anilines is 2. The van der Waals surface area contributed by atoms with Crippen LogP contribution in [0.15, 0.2) is 48.5 Å². The molecule has 2 aromatic rings. The van der Waals surface area contributed by atoms with E-state index in [-0.39, 0.29) is 0 Å². The quantitative estimate of drug-likeness (QED) is 0.781. The molecular formula is C16H18N2O2. The Kier molecular flexibility index (Phi) is 4.38. The maximum Gasteiger partial charge on any atom is 0.320 e. The SMILES string of the molecule is Cc1cccc(Nc2ccc(C[C@H](N)C(=O)O)cc2)c1. The molecule has 0 amide bonds. The Morgan fingerprint density at radius 3 is 2.50 bits per heavy atom. The number of nitrogens with one attached hydrogen (secondary N) is 1. The van der Waals surface area contributed by atoms with E-state index in [2.05, 4.69) is 11.4 Å². The zero-order valence-corrected chi connectivity index (χ0v) is 11.3. The van der Waals surface area contributed by atoms with Gasteiger partial charge in [-0.1, -0.05) is 24.3 Å². The molecule has 20 heavy (non-hydrogen) atoms. The summed E-state index contributed by atoms with van der Waals surface area (Å²) < 4.78 is 0. The molecule has 0 aliphatic carbocycles. The second-order valence-electron chi connectivity index (χ2n) is 4.84. The lowest BCUT2D eigenvalue weighted by atomic mass is 10.1. The summed E-state index contributed by atoms with van der Waals surface area (Å²) in [4.78, 5) is 10.7. The minimum absolute atomic E-state index is 0.333. The fourth-order valence-electron chi connectivity index (χ4n) is 1.95. The average Bonchev–Trinajstić information content (AvgIpc) is 2.41. The lowest BCUT2D eigenvalue weighted by molar-refractivity contribution is -0.138. The van der Waals surface area contributed by atoms with Crippen LogP contribution in [0.25, 0.3) is 0 Å². The number of benzene rings is 2. The van der Waals surface area contributed by atoms with Crippen LogP contribution in [0.4, 0.5) is 11.4 Å². The van der Waals surface area contributed by atoms with Crippen LogP contribution in [0.5, 0.6) is 0 Å². The third-order valence-corrected chi connectivity index (χ3v) is 3.03. The highest BCUT2D eigenvalue weighted by molar-refractivity contribution is 5.73. The minimum Gasteiger partial charge on any atom is -0.480 e. The number of carboxylic acid groups (broad SMARTS) is 1. The molecule has 1 atom stereocenters. The zero-order valence-electron chi connectivity index (χ0n) is 11.3. The van der Waals surface area contributed by atoms with E-state index in [1.165, 1.54) is 5.56 Å². The van der Waals surface area contributed by atoms with Crippen LogP contribution in [-0.4, -0.2) is 17.1 Å². The molecule has 104 valence electrons. The fourth-order valence-corrected chi connectivity index (χ4v) is 1.95. The Labute approximate surface area is 118 Å². The molecule has 4 heteroatoms. The highest BCUT2D eigenvalue weighted by Crippen LogP contribution is 2.18. The molecule has 0 aliphatic heterocycles. The second-order valence-corrected chi connectivity index (χ2v) is 4.84. The van der Waals surface area contributed by atoms with Gasteiger partial charge in [-0.15, -0.1) is 0 Å². The van der Waals surface area contributed by atoms with Gasteiger partial charge >= 0.3 is 5.97 Å². The van der Waals surface area contributed by atoms with Crippen molar-refractivity contribution in [2.75, 3.05) is 5.32 Å². The summed E-state index contributed by atoms with van der Waals surface area (Å²) in [6.45, 7) is 2.04. The van der Waals surface area contributed by atoms with Crippen molar-refractivity contribution >= 4 is 17.3 Å². The van der Waals surface area contributed by atoms with E-state index in [4.69, 9.17) is 10.8 Å². The van der Waals surface area contributed by atoms with Crippen molar-refractivity contribution in [1.82, 2.24) is 0 Å². The first-order chi connectivity index (χ1) is 9.54. The number of carboxylic acids is 1. The smallest absolute Gasteiger partial charge is 0.320 e. The molecule has 4 N–H and O–H groups in total. The van der Waals surface area contributed by atoms with Gasteiger partial charge in [0.05, 0.1) is 0 Å². The van der Waals surface area contributed by atoms with Crippen molar-refractivity contribution in [2.24, 2.45) is 5.73 Å². The summed E-state index contributed by atoms with van der Waals surface area (Å²) in [7, 11) is 0. The van der Waals surface area contributed by atoms with Gasteiger partial charge in [-0.25, -0.2) is 0 Å². The van der Waals surface area contributed by atoms with E-state index < -0.39 is 12.0 Å². The van der Waals surface area contributed by atoms with Crippen LogP contribution in [0, 0.1) is 6.92 Å². The Morgan fingerprint density at radius 1 is 1.20 bits per heavy atom. The summed E-state index contributed by atoms with van der Waals surface area (Å²) >= 11 is 0. The molecular weight excluding hydrogens is 252 g/mol. The van der Waals surface area contributed by atoms with Crippen LogP contribution in [0.1, 0.15) is 11.1 Å². The number of hydrogen-bond donors (Lipinski definition) is 3. The lowest BCUT2D eigenvalue weighted by Gasteiger charge is -2.09. The van der Waals surface area contributed by atoms with Crippen molar-refractivity contribution < 1.29 is 9.90 Å². The van der Waals surface area contributed by atoms with Crippen LogP contribution >= 0.6 is 0 Å². The predicted octanol–water partition coefficient (Wildman–Crippen LogP) is 2.69. The van der Waals surface area contributed by atoms with E-state index in [9.17, 15) is 4.79 Å². The molecule has 0 aromatic heterocycles. The van der Waals surface area contributed by atoms with Crippen LogP contribution in [0.3, 0.4) is 0 Å². The third-order valence-electron chi connectivity index (χ3n) is 3.03. The van der Waals surface area contributed by atoms with E-state index >= 15 is 0 Å². The molecule has 0 radical (unpaired) electrons. The zero-order chi connectivity index (χ0) is 14.5. The Morgan fingerprint density at radius 2 is 1.90 bits per heavy atom. The van der Waals surface area contributed by atoms with Gasteiger partial charge in [0.1, 0.15) is 6.04 Å². The van der Waals surface area contributed by atoms with Gasteiger partial charge in [-0.3, -0.25) is 4.79 Å². The number of aliphatic carboxylic acids is 1. The molecule has 0 aliphatic rings. The monoisotopic (exact) mass is 270 g/mol. The van der Waals surface area contributed by atoms with Crippen LogP contribution in [0.2, 0.25) is 0 Å². The van der Waals surface area contributed by atoms with Crippen LogP contribution < -0.4 is 11.1 Å².